The Bertz CT molecular complexity index is 602. The van der Waals surface area contributed by atoms with Crippen LogP contribution in [0.2, 0.25) is 0 Å². The lowest BCUT2D eigenvalue weighted by molar-refractivity contribution is 0.327. The Morgan fingerprint density at radius 3 is 2.32 bits per heavy atom. The third-order valence-corrected chi connectivity index (χ3v) is 3.19. The number of hydrogen-bond donors (Lipinski definition) is 3. The molecular weight excluding hydrogens is 278 g/mol. The van der Waals surface area contributed by atoms with Crippen molar-refractivity contribution in [3.63, 3.8) is 0 Å². The first-order chi connectivity index (χ1) is 10.8. The van der Waals surface area contributed by atoms with Crippen LogP contribution in [-0.2, 0) is 6.54 Å². The molecular formula is C17H23N3O2. The van der Waals surface area contributed by atoms with Gasteiger partial charge < -0.3 is 26.7 Å². The van der Waals surface area contributed by atoms with Crippen molar-refractivity contribution in [2.45, 2.75) is 6.54 Å². The maximum atomic E-state index is 5.76. The van der Waals surface area contributed by atoms with E-state index in [1.807, 2.05) is 42.5 Å². The first-order valence-corrected chi connectivity index (χ1v) is 7.37. The van der Waals surface area contributed by atoms with E-state index >= 15 is 0 Å². The van der Waals surface area contributed by atoms with Gasteiger partial charge in [-0.3, -0.25) is 0 Å². The second kappa shape index (κ2) is 8.38. The molecule has 0 aliphatic heterocycles. The topological polar surface area (TPSA) is 96.5 Å². The van der Waals surface area contributed by atoms with Gasteiger partial charge in [-0.05, 0) is 29.3 Å². The zero-order valence-electron chi connectivity index (χ0n) is 12.6. The molecule has 0 fully saturated rings. The second-order valence-electron chi connectivity index (χ2n) is 4.84. The van der Waals surface area contributed by atoms with Crippen LogP contribution in [0.4, 0.5) is 0 Å². The van der Waals surface area contributed by atoms with Crippen LogP contribution in [0, 0.1) is 0 Å². The molecule has 6 N–H and O–H groups in total. The van der Waals surface area contributed by atoms with Crippen LogP contribution >= 0.6 is 0 Å². The summed E-state index contributed by atoms with van der Waals surface area (Å²) in [6.45, 7) is 2.38. The maximum Gasteiger partial charge on any atom is 0.127 e. The molecule has 2 aromatic carbocycles. The standard InChI is InChI=1S/C17H23N3O2/c18-6-8-21-15-3-1-2-14(11-15)16-5-4-13(12-20)10-17(16)22-9-7-19/h1-5,10-11H,6-9,12,18-20H2. The lowest BCUT2D eigenvalue weighted by Crippen LogP contribution is -2.11. The normalized spacial score (nSPS) is 10.5. The largest absolute Gasteiger partial charge is 0.492 e. The predicted molar refractivity (Wildman–Crippen MR) is 88.9 cm³/mol. The monoisotopic (exact) mass is 301 g/mol. The van der Waals surface area contributed by atoms with Crippen molar-refractivity contribution in [3.8, 4) is 22.6 Å². The average molecular weight is 301 g/mol. The summed E-state index contributed by atoms with van der Waals surface area (Å²) in [4.78, 5) is 0. The number of hydrogen-bond acceptors (Lipinski definition) is 5. The molecule has 22 heavy (non-hydrogen) atoms. The van der Waals surface area contributed by atoms with Crippen LogP contribution < -0.4 is 26.7 Å². The Morgan fingerprint density at radius 2 is 1.59 bits per heavy atom. The van der Waals surface area contributed by atoms with Crippen LogP contribution in [0.15, 0.2) is 42.5 Å². The van der Waals surface area contributed by atoms with Crippen molar-refractivity contribution in [3.05, 3.63) is 48.0 Å². The smallest absolute Gasteiger partial charge is 0.127 e. The van der Waals surface area contributed by atoms with Gasteiger partial charge in [-0.15, -0.1) is 0 Å². The molecule has 5 heteroatoms. The van der Waals surface area contributed by atoms with Crippen molar-refractivity contribution in [1.29, 1.82) is 0 Å². The minimum atomic E-state index is 0.463. The number of ether oxygens (including phenoxy) is 2. The van der Waals surface area contributed by atoms with Crippen molar-refractivity contribution in [2.24, 2.45) is 17.2 Å². The number of benzene rings is 2. The highest BCUT2D eigenvalue weighted by Gasteiger charge is 2.08. The average Bonchev–Trinajstić information content (AvgIpc) is 2.58. The highest BCUT2D eigenvalue weighted by Crippen LogP contribution is 2.33. The summed E-state index contributed by atoms with van der Waals surface area (Å²) >= 11 is 0. The van der Waals surface area contributed by atoms with E-state index in [2.05, 4.69) is 0 Å². The minimum absolute atomic E-state index is 0.463. The molecule has 2 rings (SSSR count). The zero-order valence-corrected chi connectivity index (χ0v) is 12.6. The summed E-state index contributed by atoms with van der Waals surface area (Å²) in [5, 5.41) is 0. The van der Waals surface area contributed by atoms with Crippen LogP contribution in [0.3, 0.4) is 0 Å². The fourth-order valence-corrected chi connectivity index (χ4v) is 2.15. The van der Waals surface area contributed by atoms with Gasteiger partial charge in [-0.2, -0.15) is 0 Å². The van der Waals surface area contributed by atoms with Crippen LogP contribution in [0.25, 0.3) is 11.1 Å². The first-order valence-electron chi connectivity index (χ1n) is 7.37. The highest BCUT2D eigenvalue weighted by atomic mass is 16.5. The Labute approximate surface area is 131 Å². The Balaban J connectivity index is 2.33. The van der Waals surface area contributed by atoms with E-state index in [0.29, 0.717) is 32.8 Å². The van der Waals surface area contributed by atoms with Gasteiger partial charge in [-0.25, -0.2) is 0 Å². The molecule has 0 heterocycles. The molecule has 0 saturated heterocycles. The molecule has 2 aromatic rings. The lowest BCUT2D eigenvalue weighted by atomic mass is 10.0. The molecule has 0 aromatic heterocycles. The van der Waals surface area contributed by atoms with E-state index < -0.39 is 0 Å². The molecule has 0 atom stereocenters. The molecule has 0 spiro atoms. The summed E-state index contributed by atoms with van der Waals surface area (Å²) in [7, 11) is 0. The van der Waals surface area contributed by atoms with Crippen molar-refractivity contribution in [2.75, 3.05) is 26.3 Å². The third-order valence-electron chi connectivity index (χ3n) is 3.19. The van der Waals surface area contributed by atoms with Crippen molar-refractivity contribution in [1.82, 2.24) is 0 Å². The van der Waals surface area contributed by atoms with E-state index in [9.17, 15) is 0 Å². The predicted octanol–water partition coefficient (Wildman–Crippen LogP) is 1.49. The fraction of sp³-hybridized carbons (Fsp3) is 0.294. The lowest BCUT2D eigenvalue weighted by Gasteiger charge is -2.14. The van der Waals surface area contributed by atoms with Crippen molar-refractivity contribution >= 4 is 0 Å². The molecule has 5 nitrogen and oxygen atoms in total. The third kappa shape index (κ3) is 4.21. The minimum Gasteiger partial charge on any atom is -0.492 e. The second-order valence-corrected chi connectivity index (χ2v) is 4.84. The molecule has 0 aliphatic carbocycles. The Hall–Kier alpha value is -2.08. The molecule has 0 aliphatic rings. The number of rotatable bonds is 8. The zero-order chi connectivity index (χ0) is 15.8. The summed E-state index contributed by atoms with van der Waals surface area (Å²) in [6.07, 6.45) is 0. The van der Waals surface area contributed by atoms with Crippen molar-refractivity contribution < 1.29 is 9.47 Å². The molecule has 0 radical (unpaired) electrons. The molecule has 0 bridgehead atoms. The summed E-state index contributed by atoms with van der Waals surface area (Å²) < 4.78 is 11.3. The molecule has 0 unspecified atom stereocenters. The fourth-order valence-electron chi connectivity index (χ4n) is 2.15. The first kappa shape index (κ1) is 16.3. The van der Waals surface area contributed by atoms with E-state index in [-0.39, 0.29) is 0 Å². The van der Waals surface area contributed by atoms with Crippen LogP contribution in [0.1, 0.15) is 5.56 Å². The van der Waals surface area contributed by atoms with Gasteiger partial charge in [0, 0.05) is 25.2 Å². The Morgan fingerprint density at radius 1 is 0.818 bits per heavy atom. The van der Waals surface area contributed by atoms with E-state index in [0.717, 1.165) is 28.2 Å². The van der Waals surface area contributed by atoms with Gasteiger partial charge in [0.25, 0.3) is 0 Å². The van der Waals surface area contributed by atoms with Gasteiger partial charge >= 0.3 is 0 Å². The van der Waals surface area contributed by atoms with Gasteiger partial charge in [0.15, 0.2) is 0 Å². The van der Waals surface area contributed by atoms with Crippen LogP contribution in [-0.4, -0.2) is 26.3 Å². The SMILES string of the molecule is NCCOc1cccc(-c2ccc(CN)cc2OCCN)c1. The van der Waals surface area contributed by atoms with E-state index in [4.69, 9.17) is 26.7 Å². The van der Waals surface area contributed by atoms with Gasteiger partial charge in [-0.1, -0.05) is 24.3 Å². The molecule has 0 saturated carbocycles. The van der Waals surface area contributed by atoms with Gasteiger partial charge in [0.1, 0.15) is 24.7 Å². The summed E-state index contributed by atoms with van der Waals surface area (Å²) in [5.41, 5.74) is 19.7. The highest BCUT2D eigenvalue weighted by molar-refractivity contribution is 5.72. The maximum absolute atomic E-state index is 5.76. The molecule has 0 amide bonds. The van der Waals surface area contributed by atoms with Gasteiger partial charge in [0.05, 0.1) is 0 Å². The van der Waals surface area contributed by atoms with Gasteiger partial charge in [0.2, 0.25) is 0 Å². The quantitative estimate of drug-likeness (QED) is 0.686. The Kier molecular flexibility index (Phi) is 6.21. The molecule has 118 valence electrons. The van der Waals surface area contributed by atoms with Crippen LogP contribution in [0.5, 0.6) is 11.5 Å². The summed E-state index contributed by atoms with van der Waals surface area (Å²) in [5.74, 6) is 1.57. The van der Waals surface area contributed by atoms with E-state index in [1.54, 1.807) is 0 Å². The summed E-state index contributed by atoms with van der Waals surface area (Å²) in [6, 6.07) is 13.8. The number of nitrogens with two attached hydrogens (primary N) is 3. The van der Waals surface area contributed by atoms with E-state index in [1.165, 1.54) is 0 Å².